The van der Waals surface area contributed by atoms with E-state index in [0.29, 0.717) is 0 Å². The first kappa shape index (κ1) is 15.4. The van der Waals surface area contributed by atoms with Crippen LogP contribution in [-0.2, 0) is 31.1 Å². The van der Waals surface area contributed by atoms with Crippen molar-refractivity contribution in [3.63, 3.8) is 0 Å². The fraction of sp³-hybridized carbons (Fsp3) is 0.333. The molecule has 1 unspecified atom stereocenters. The fourth-order valence-electron chi connectivity index (χ4n) is 1.98. The molecule has 2 amide bonds. The van der Waals surface area contributed by atoms with Crippen molar-refractivity contribution in [2.75, 3.05) is 13.7 Å². The van der Waals surface area contributed by atoms with E-state index in [4.69, 9.17) is 9.29 Å². The Hall–Kier alpha value is -1.97. The van der Waals surface area contributed by atoms with Gasteiger partial charge in [-0.25, -0.2) is 4.31 Å². The molecule has 8 nitrogen and oxygen atoms in total. The molecule has 1 fully saturated rings. The van der Waals surface area contributed by atoms with Crippen molar-refractivity contribution >= 4 is 22.1 Å². The lowest BCUT2D eigenvalue weighted by atomic mass is 10.1. The topological polar surface area (TPSA) is 113 Å². The lowest BCUT2D eigenvalue weighted by molar-refractivity contribution is -0.180. The molecule has 0 saturated carbocycles. The van der Waals surface area contributed by atoms with Crippen LogP contribution in [0.15, 0.2) is 30.3 Å². The molecule has 0 bridgehead atoms. The highest BCUT2D eigenvalue weighted by atomic mass is 32.2. The highest BCUT2D eigenvalue weighted by molar-refractivity contribution is 7.84. The van der Waals surface area contributed by atoms with E-state index in [-0.39, 0.29) is 10.7 Å². The molecule has 0 aliphatic carbocycles. The van der Waals surface area contributed by atoms with Crippen LogP contribution in [0, 0.1) is 0 Å². The summed E-state index contributed by atoms with van der Waals surface area (Å²) in [6, 6.07) is 8.82. The van der Waals surface area contributed by atoms with Crippen molar-refractivity contribution in [2.45, 2.75) is 12.1 Å². The van der Waals surface area contributed by atoms with E-state index in [2.05, 4.69) is 5.32 Å². The van der Waals surface area contributed by atoms with E-state index < -0.39 is 34.4 Å². The summed E-state index contributed by atoms with van der Waals surface area (Å²) < 4.78 is 35.8. The summed E-state index contributed by atoms with van der Waals surface area (Å²) in [5, 5.41) is 2.35. The van der Waals surface area contributed by atoms with Crippen molar-refractivity contribution < 1.29 is 27.3 Å². The Kier molecular flexibility index (Phi) is 3.99. The SMILES string of the molecule is COC1(NC(=O)Cc2ccccc2)CN(S(=O)(=O)O)C1=O. The van der Waals surface area contributed by atoms with Crippen molar-refractivity contribution in [3.05, 3.63) is 35.9 Å². The van der Waals surface area contributed by atoms with Crippen molar-refractivity contribution in [3.8, 4) is 0 Å². The zero-order valence-electron chi connectivity index (χ0n) is 11.1. The summed E-state index contributed by atoms with van der Waals surface area (Å²) in [6.45, 7) is -0.471. The monoisotopic (exact) mass is 314 g/mol. The Morgan fingerprint density at radius 3 is 2.52 bits per heavy atom. The number of carbonyl (C=O) groups excluding carboxylic acids is 2. The molecule has 114 valence electrons. The average molecular weight is 314 g/mol. The third-order valence-corrected chi connectivity index (χ3v) is 3.97. The van der Waals surface area contributed by atoms with E-state index >= 15 is 0 Å². The van der Waals surface area contributed by atoms with Gasteiger partial charge in [0, 0.05) is 7.11 Å². The summed E-state index contributed by atoms with van der Waals surface area (Å²) in [5.74, 6) is -1.53. The number of hydrogen-bond donors (Lipinski definition) is 2. The first-order chi connectivity index (χ1) is 9.78. The van der Waals surface area contributed by atoms with Gasteiger partial charge in [-0.1, -0.05) is 30.3 Å². The summed E-state index contributed by atoms with van der Waals surface area (Å²) in [6.07, 6.45) is 0.0190. The molecule has 1 aliphatic rings. The first-order valence-electron chi connectivity index (χ1n) is 5.98. The Morgan fingerprint density at radius 2 is 2.05 bits per heavy atom. The molecule has 1 aliphatic heterocycles. The van der Waals surface area contributed by atoms with Crippen LogP contribution in [0.2, 0.25) is 0 Å². The number of ether oxygens (including phenoxy) is 1. The van der Waals surface area contributed by atoms with Gasteiger partial charge in [-0.05, 0) is 5.56 Å². The number of β-lactam (4-membered cyclic amide) rings is 1. The molecule has 1 saturated heterocycles. The minimum Gasteiger partial charge on any atom is -0.349 e. The predicted molar refractivity (Wildman–Crippen MR) is 71.3 cm³/mol. The summed E-state index contributed by atoms with van der Waals surface area (Å²) in [5.41, 5.74) is -1.01. The minimum absolute atomic E-state index is 0.0190. The molecule has 1 atom stereocenters. The normalized spacial score (nSPS) is 21.8. The molecule has 2 N–H and O–H groups in total. The maximum absolute atomic E-state index is 11.9. The van der Waals surface area contributed by atoms with Gasteiger partial charge in [0.2, 0.25) is 11.6 Å². The smallest absolute Gasteiger partial charge is 0.349 e. The van der Waals surface area contributed by atoms with Gasteiger partial charge in [-0.15, -0.1) is 0 Å². The number of nitrogens with one attached hydrogen (secondary N) is 1. The summed E-state index contributed by atoms with van der Waals surface area (Å²) in [4.78, 5) is 23.7. The molecule has 1 aromatic rings. The van der Waals surface area contributed by atoms with E-state index in [1.165, 1.54) is 7.11 Å². The van der Waals surface area contributed by atoms with Gasteiger partial charge in [-0.2, -0.15) is 8.42 Å². The number of methoxy groups -OCH3 is 1. The second-order valence-corrected chi connectivity index (χ2v) is 5.87. The second kappa shape index (κ2) is 5.43. The Bertz CT molecular complexity index is 660. The molecule has 0 radical (unpaired) electrons. The summed E-state index contributed by atoms with van der Waals surface area (Å²) in [7, 11) is -3.47. The van der Waals surface area contributed by atoms with Gasteiger partial charge >= 0.3 is 10.3 Å². The second-order valence-electron chi connectivity index (χ2n) is 4.53. The van der Waals surface area contributed by atoms with Crippen molar-refractivity contribution in [1.82, 2.24) is 9.62 Å². The fourth-order valence-corrected chi connectivity index (χ4v) is 2.69. The lowest BCUT2D eigenvalue weighted by Crippen LogP contribution is -2.76. The van der Waals surface area contributed by atoms with E-state index in [0.717, 1.165) is 5.56 Å². The van der Waals surface area contributed by atoms with Crippen LogP contribution in [0.4, 0.5) is 0 Å². The number of rotatable bonds is 5. The van der Waals surface area contributed by atoms with Crippen LogP contribution >= 0.6 is 0 Å². The number of hydrogen-bond acceptors (Lipinski definition) is 5. The largest absolute Gasteiger partial charge is 0.362 e. The Balaban J connectivity index is 2.04. The highest BCUT2D eigenvalue weighted by Gasteiger charge is 2.58. The molecule has 2 rings (SSSR count). The molecule has 0 spiro atoms. The van der Waals surface area contributed by atoms with E-state index in [1.807, 2.05) is 0 Å². The third-order valence-electron chi connectivity index (χ3n) is 3.11. The van der Waals surface area contributed by atoms with E-state index in [1.54, 1.807) is 30.3 Å². The molecule has 0 aromatic heterocycles. The van der Waals surface area contributed by atoms with Gasteiger partial charge in [0.1, 0.15) is 0 Å². The number of amides is 2. The Labute approximate surface area is 121 Å². The van der Waals surface area contributed by atoms with Gasteiger partial charge < -0.3 is 10.1 Å². The number of carbonyl (C=O) groups is 2. The van der Waals surface area contributed by atoms with Crippen LogP contribution in [0.25, 0.3) is 0 Å². The zero-order valence-corrected chi connectivity index (χ0v) is 12.0. The van der Waals surface area contributed by atoms with Crippen LogP contribution in [-0.4, -0.2) is 48.5 Å². The molecule has 1 aromatic carbocycles. The first-order valence-corrected chi connectivity index (χ1v) is 7.38. The van der Waals surface area contributed by atoms with Crippen molar-refractivity contribution in [2.24, 2.45) is 0 Å². The lowest BCUT2D eigenvalue weighted by Gasteiger charge is -2.44. The average Bonchev–Trinajstić information content (AvgIpc) is 2.42. The predicted octanol–water partition coefficient (Wildman–Crippen LogP) is -0.667. The maximum atomic E-state index is 11.9. The molecular weight excluding hydrogens is 300 g/mol. The molecule has 1 heterocycles. The number of nitrogens with zero attached hydrogens (tertiary/aromatic N) is 1. The Morgan fingerprint density at radius 1 is 1.43 bits per heavy atom. The number of benzene rings is 1. The maximum Gasteiger partial charge on any atom is 0.362 e. The van der Waals surface area contributed by atoms with Crippen LogP contribution in [0.3, 0.4) is 0 Å². The summed E-state index contributed by atoms with van der Waals surface area (Å²) >= 11 is 0. The van der Waals surface area contributed by atoms with Gasteiger partial charge in [0.15, 0.2) is 0 Å². The van der Waals surface area contributed by atoms with Gasteiger partial charge in [0.05, 0.1) is 13.0 Å². The van der Waals surface area contributed by atoms with Gasteiger partial charge in [-0.3, -0.25) is 14.1 Å². The molecular formula is C12H14N2O6S. The highest BCUT2D eigenvalue weighted by Crippen LogP contribution is 2.26. The van der Waals surface area contributed by atoms with Crippen LogP contribution in [0.1, 0.15) is 5.56 Å². The van der Waals surface area contributed by atoms with Gasteiger partial charge in [0.25, 0.3) is 5.91 Å². The van der Waals surface area contributed by atoms with Crippen molar-refractivity contribution in [1.29, 1.82) is 0 Å². The standard InChI is InChI=1S/C12H14N2O6S/c1-20-12(8-14(11(12)16)21(17,18)19)13-10(15)7-9-5-3-2-4-6-9/h2-6H,7-8H2,1H3,(H,13,15)(H,17,18,19). The molecule has 9 heteroatoms. The minimum atomic E-state index is -4.64. The van der Waals surface area contributed by atoms with Crippen LogP contribution < -0.4 is 5.32 Å². The quantitative estimate of drug-likeness (QED) is 0.423. The van der Waals surface area contributed by atoms with Crippen LogP contribution in [0.5, 0.6) is 0 Å². The molecule has 21 heavy (non-hydrogen) atoms. The van der Waals surface area contributed by atoms with E-state index in [9.17, 15) is 18.0 Å². The zero-order chi connectivity index (χ0) is 15.7. The third kappa shape index (κ3) is 3.04.